The van der Waals surface area contributed by atoms with E-state index in [0.29, 0.717) is 12.4 Å². The largest absolute Gasteiger partial charge is 0.493 e. The zero-order chi connectivity index (χ0) is 23.2. The predicted molar refractivity (Wildman–Crippen MR) is 127 cm³/mol. The summed E-state index contributed by atoms with van der Waals surface area (Å²) in [6.07, 6.45) is 0. The van der Waals surface area contributed by atoms with Crippen molar-refractivity contribution in [3.63, 3.8) is 0 Å². The van der Waals surface area contributed by atoms with Crippen LogP contribution in [0.15, 0.2) is 70.0 Å². The maximum atomic E-state index is 12.2. The first kappa shape index (κ1) is 22.6. The number of carbonyl (C=O) groups excluding carboxylic acids is 1. The van der Waals surface area contributed by atoms with Crippen LogP contribution in [-0.2, 0) is 16.3 Å². The number of aromatic nitrogens is 1. The number of likely N-dealkylation sites (N-methyl/N-ethyl adjacent to an activating group) is 1. The van der Waals surface area contributed by atoms with Gasteiger partial charge in [-0.2, -0.15) is 0 Å². The topological polar surface area (TPSA) is 95.0 Å². The summed E-state index contributed by atoms with van der Waals surface area (Å²) in [7, 11) is 2.10. The molecule has 1 aliphatic rings. The maximum absolute atomic E-state index is 12.2. The average molecular weight is 449 g/mol. The van der Waals surface area contributed by atoms with E-state index in [2.05, 4.69) is 32.2 Å². The van der Waals surface area contributed by atoms with Gasteiger partial charge in [0.15, 0.2) is 12.3 Å². The molecule has 0 saturated carbocycles. The van der Waals surface area contributed by atoms with E-state index >= 15 is 0 Å². The minimum atomic E-state index is -0.588. The van der Waals surface area contributed by atoms with E-state index in [-0.39, 0.29) is 18.2 Å². The van der Waals surface area contributed by atoms with Crippen molar-refractivity contribution < 1.29 is 14.7 Å². The maximum Gasteiger partial charge on any atom is 0.304 e. The molecule has 1 N–H and O–H groups in total. The van der Waals surface area contributed by atoms with Crippen molar-refractivity contribution in [2.75, 3.05) is 39.8 Å². The number of benzene rings is 2. The Labute approximate surface area is 192 Å². The Morgan fingerprint density at radius 3 is 2.48 bits per heavy atom. The molecule has 172 valence electrons. The third kappa shape index (κ3) is 5.44. The van der Waals surface area contributed by atoms with Crippen molar-refractivity contribution in [3.05, 3.63) is 60.2 Å². The van der Waals surface area contributed by atoms with Crippen LogP contribution in [0.5, 0.6) is 5.88 Å². The number of nitrogens with zero attached hydrogens (tertiary/aromatic N) is 6. The molecule has 0 unspecified atom stereocenters. The van der Waals surface area contributed by atoms with Gasteiger partial charge < -0.3 is 14.8 Å². The van der Waals surface area contributed by atoms with Crippen LogP contribution in [0.25, 0.3) is 10.9 Å². The lowest BCUT2D eigenvalue weighted by atomic mass is 10.1. The fraction of sp³-hybridized carbons (Fsp3) is 0.333. The van der Waals surface area contributed by atoms with Crippen LogP contribution in [-0.4, -0.2) is 70.9 Å². The molecule has 1 amide bonds. The lowest BCUT2D eigenvalue weighted by Gasteiger charge is -2.32. The van der Waals surface area contributed by atoms with Gasteiger partial charge in [0.25, 0.3) is 0 Å². The number of oxime groups is 1. The van der Waals surface area contributed by atoms with Crippen LogP contribution in [0.1, 0.15) is 12.5 Å². The normalized spacial score (nSPS) is 16.0. The van der Waals surface area contributed by atoms with Crippen LogP contribution in [0.2, 0.25) is 0 Å². The smallest absolute Gasteiger partial charge is 0.304 e. The predicted octanol–water partition coefficient (Wildman–Crippen LogP) is 3.60. The first-order chi connectivity index (χ1) is 16.0. The highest BCUT2D eigenvalue weighted by Gasteiger charge is 2.20. The summed E-state index contributed by atoms with van der Waals surface area (Å²) in [4.78, 5) is 21.9. The molecule has 1 aromatic heterocycles. The molecule has 0 radical (unpaired) electrons. The number of carbonyl (C=O) groups is 1. The Hall–Kier alpha value is -3.56. The zero-order valence-corrected chi connectivity index (χ0v) is 18.9. The van der Waals surface area contributed by atoms with Gasteiger partial charge >= 0.3 is 5.91 Å². The Balaban J connectivity index is 1.45. The lowest BCUT2D eigenvalue weighted by Crippen LogP contribution is -2.44. The highest BCUT2D eigenvalue weighted by molar-refractivity contribution is 5.98. The Bertz CT molecular complexity index is 1160. The molecule has 0 atom stereocenters. The van der Waals surface area contributed by atoms with Gasteiger partial charge in [-0.05, 0) is 25.6 Å². The van der Waals surface area contributed by atoms with Gasteiger partial charge in [-0.25, -0.2) is 0 Å². The SMILES string of the molecule is CC(=NOCC(=O)N=Nc1c(O)n(CN2CCN(C)CC2)c2ccccc12)c1ccccc1. The summed E-state index contributed by atoms with van der Waals surface area (Å²) in [5.74, 6) is -0.597. The molecule has 2 aromatic carbocycles. The van der Waals surface area contributed by atoms with E-state index in [1.165, 1.54) is 0 Å². The fourth-order valence-corrected chi connectivity index (χ4v) is 3.75. The second kappa shape index (κ2) is 10.4. The monoisotopic (exact) mass is 448 g/mol. The molecule has 4 rings (SSSR count). The van der Waals surface area contributed by atoms with Crippen LogP contribution in [0.3, 0.4) is 0 Å². The summed E-state index contributed by atoms with van der Waals surface area (Å²) in [5, 5.41) is 23.4. The highest BCUT2D eigenvalue weighted by Crippen LogP contribution is 2.39. The van der Waals surface area contributed by atoms with E-state index in [0.717, 1.165) is 42.6 Å². The van der Waals surface area contributed by atoms with E-state index in [1.54, 1.807) is 6.92 Å². The van der Waals surface area contributed by atoms with E-state index < -0.39 is 5.91 Å². The number of rotatable bonds is 7. The van der Waals surface area contributed by atoms with Crippen LogP contribution in [0, 0.1) is 0 Å². The standard InChI is InChI=1S/C24H28N6O3/c1-18(19-8-4-3-5-9-19)27-33-16-22(31)25-26-23-20-10-6-7-11-21(20)30(24(23)32)17-29-14-12-28(2)13-15-29/h3-11,32H,12-17H2,1-2H3. The van der Waals surface area contributed by atoms with Crippen molar-refractivity contribution in [3.8, 4) is 5.88 Å². The number of amides is 1. The van der Waals surface area contributed by atoms with Gasteiger partial charge in [0.2, 0.25) is 5.88 Å². The second-order valence-electron chi connectivity index (χ2n) is 8.09. The van der Waals surface area contributed by atoms with E-state index in [1.807, 2.05) is 59.2 Å². The number of fused-ring (bicyclic) bond motifs is 1. The molecule has 1 saturated heterocycles. The Kier molecular flexibility index (Phi) is 7.11. The van der Waals surface area contributed by atoms with Crippen molar-refractivity contribution in [1.82, 2.24) is 14.4 Å². The molecule has 9 heteroatoms. The third-order valence-electron chi connectivity index (χ3n) is 5.70. The Morgan fingerprint density at radius 2 is 1.73 bits per heavy atom. The minimum absolute atomic E-state index is 0.00876. The van der Waals surface area contributed by atoms with Crippen molar-refractivity contribution >= 4 is 28.2 Å². The van der Waals surface area contributed by atoms with Gasteiger partial charge in [0.05, 0.1) is 17.9 Å². The van der Waals surface area contributed by atoms with Crippen LogP contribution >= 0.6 is 0 Å². The summed E-state index contributed by atoms with van der Waals surface area (Å²) < 4.78 is 1.81. The minimum Gasteiger partial charge on any atom is -0.493 e. The van der Waals surface area contributed by atoms with Crippen molar-refractivity contribution in [2.45, 2.75) is 13.6 Å². The van der Waals surface area contributed by atoms with Crippen molar-refractivity contribution in [2.24, 2.45) is 15.4 Å². The molecule has 2 heterocycles. The quantitative estimate of drug-likeness (QED) is 0.339. The molecule has 0 bridgehead atoms. The third-order valence-corrected chi connectivity index (χ3v) is 5.70. The number of para-hydroxylation sites is 1. The molecule has 1 aliphatic heterocycles. The first-order valence-electron chi connectivity index (χ1n) is 10.9. The number of piperazine rings is 1. The van der Waals surface area contributed by atoms with Gasteiger partial charge in [0, 0.05) is 31.6 Å². The Morgan fingerprint density at radius 1 is 1.03 bits per heavy atom. The zero-order valence-electron chi connectivity index (χ0n) is 18.9. The number of azo groups is 1. The van der Waals surface area contributed by atoms with Gasteiger partial charge in [-0.3, -0.25) is 14.3 Å². The van der Waals surface area contributed by atoms with Gasteiger partial charge in [-0.15, -0.1) is 10.2 Å². The van der Waals surface area contributed by atoms with Crippen LogP contribution < -0.4 is 0 Å². The molecule has 33 heavy (non-hydrogen) atoms. The average Bonchev–Trinajstić information content (AvgIpc) is 3.10. The van der Waals surface area contributed by atoms with Gasteiger partial charge in [-0.1, -0.05) is 53.7 Å². The van der Waals surface area contributed by atoms with Crippen molar-refractivity contribution in [1.29, 1.82) is 0 Å². The first-order valence-corrected chi connectivity index (χ1v) is 10.9. The summed E-state index contributed by atoms with van der Waals surface area (Å²) in [5.41, 5.74) is 2.68. The van der Waals surface area contributed by atoms with E-state index in [4.69, 9.17) is 4.84 Å². The molecule has 1 fully saturated rings. The number of hydrogen-bond acceptors (Lipinski definition) is 7. The van der Waals surface area contributed by atoms with Gasteiger partial charge in [0.1, 0.15) is 0 Å². The molecule has 0 spiro atoms. The number of aromatic hydroxyl groups is 1. The molecule has 0 aliphatic carbocycles. The number of hydrogen-bond donors (Lipinski definition) is 1. The molecular formula is C24H28N6O3. The van der Waals surface area contributed by atoms with E-state index in [9.17, 15) is 9.90 Å². The molecule has 3 aromatic rings. The van der Waals surface area contributed by atoms with Crippen LogP contribution in [0.4, 0.5) is 5.69 Å². The summed E-state index contributed by atoms with van der Waals surface area (Å²) >= 11 is 0. The second-order valence-corrected chi connectivity index (χ2v) is 8.09. The highest BCUT2D eigenvalue weighted by atomic mass is 16.6. The molecular weight excluding hydrogens is 420 g/mol. The fourth-order valence-electron chi connectivity index (χ4n) is 3.75. The molecule has 9 nitrogen and oxygen atoms in total. The lowest BCUT2D eigenvalue weighted by molar-refractivity contribution is -0.122. The summed E-state index contributed by atoms with van der Waals surface area (Å²) in [6, 6.07) is 17.1. The summed E-state index contributed by atoms with van der Waals surface area (Å²) in [6.45, 7) is 5.79.